The molecular formula is C23H29ClN2O5. The number of benzene rings is 2. The molecule has 1 saturated heterocycles. The van der Waals surface area contributed by atoms with Gasteiger partial charge >= 0.3 is 0 Å². The highest BCUT2D eigenvalue weighted by Crippen LogP contribution is 2.29. The van der Waals surface area contributed by atoms with Gasteiger partial charge < -0.3 is 24.6 Å². The predicted octanol–water partition coefficient (Wildman–Crippen LogP) is 3.47. The summed E-state index contributed by atoms with van der Waals surface area (Å²) in [6.07, 6.45) is 1.69. The van der Waals surface area contributed by atoms with Crippen molar-refractivity contribution < 1.29 is 24.1 Å². The first-order valence-electron chi connectivity index (χ1n) is 10.3. The Balaban J connectivity index is 1.59. The van der Waals surface area contributed by atoms with Gasteiger partial charge in [-0.25, -0.2) is 0 Å². The second kappa shape index (κ2) is 11.2. The summed E-state index contributed by atoms with van der Waals surface area (Å²) in [5, 5.41) is 12.8. The van der Waals surface area contributed by atoms with Crippen LogP contribution in [0.5, 0.6) is 17.2 Å². The minimum atomic E-state index is -0.198. The third-order valence-corrected chi connectivity index (χ3v) is 5.57. The van der Waals surface area contributed by atoms with E-state index in [4.69, 9.17) is 25.8 Å². The maximum absolute atomic E-state index is 12.6. The molecule has 0 spiro atoms. The first kappa shape index (κ1) is 23.2. The van der Waals surface area contributed by atoms with Gasteiger partial charge in [-0.2, -0.15) is 0 Å². The van der Waals surface area contributed by atoms with Crippen LogP contribution in [-0.2, 0) is 11.3 Å². The van der Waals surface area contributed by atoms with E-state index in [0.717, 1.165) is 38.0 Å². The standard InChI is InChI=1S/C23H29ClN2O5/c1-29-12-9-25-23(28)19-5-4-18(30-2)14-22(19)31-17-7-10-26(11-8-17)15-16-3-6-21(27)20(24)13-16/h3-6,13-14,17,27H,7-12,15H2,1-2H3,(H,25,28). The van der Waals surface area contributed by atoms with Crippen molar-refractivity contribution in [2.45, 2.75) is 25.5 Å². The summed E-state index contributed by atoms with van der Waals surface area (Å²) in [5.74, 6) is 1.07. The number of piperidine rings is 1. The molecule has 8 heteroatoms. The summed E-state index contributed by atoms with van der Waals surface area (Å²) in [7, 11) is 3.18. The SMILES string of the molecule is COCCNC(=O)c1ccc(OC)cc1OC1CCN(Cc2ccc(O)c(Cl)c2)CC1. The average Bonchev–Trinajstić information content (AvgIpc) is 2.77. The van der Waals surface area contributed by atoms with Crippen molar-refractivity contribution >= 4 is 17.5 Å². The number of halogens is 1. The molecule has 2 aromatic carbocycles. The number of hydrogen-bond donors (Lipinski definition) is 2. The minimum absolute atomic E-state index is 0.0114. The van der Waals surface area contributed by atoms with Gasteiger partial charge in [0.1, 0.15) is 23.4 Å². The molecule has 0 unspecified atom stereocenters. The van der Waals surface area contributed by atoms with E-state index >= 15 is 0 Å². The zero-order chi connectivity index (χ0) is 22.2. The lowest BCUT2D eigenvalue weighted by Gasteiger charge is -2.32. The number of carbonyl (C=O) groups is 1. The summed E-state index contributed by atoms with van der Waals surface area (Å²) < 4.78 is 16.5. The smallest absolute Gasteiger partial charge is 0.255 e. The molecule has 1 fully saturated rings. The first-order valence-corrected chi connectivity index (χ1v) is 10.7. The van der Waals surface area contributed by atoms with E-state index in [1.165, 1.54) is 0 Å². The van der Waals surface area contributed by atoms with Gasteiger partial charge in [0.15, 0.2) is 0 Å². The number of hydrogen-bond acceptors (Lipinski definition) is 6. The number of methoxy groups -OCH3 is 2. The highest BCUT2D eigenvalue weighted by molar-refractivity contribution is 6.32. The Hall–Kier alpha value is -2.48. The van der Waals surface area contributed by atoms with Crippen molar-refractivity contribution in [1.82, 2.24) is 10.2 Å². The molecule has 31 heavy (non-hydrogen) atoms. The Morgan fingerprint density at radius 2 is 1.97 bits per heavy atom. The van der Waals surface area contributed by atoms with Gasteiger partial charge in [0.05, 0.1) is 24.3 Å². The Morgan fingerprint density at radius 3 is 2.65 bits per heavy atom. The van der Waals surface area contributed by atoms with E-state index in [2.05, 4.69) is 10.2 Å². The van der Waals surface area contributed by atoms with Crippen LogP contribution in [0.2, 0.25) is 5.02 Å². The van der Waals surface area contributed by atoms with Crippen LogP contribution in [0.15, 0.2) is 36.4 Å². The number of phenols is 1. The fraction of sp³-hybridized carbons (Fsp3) is 0.435. The van der Waals surface area contributed by atoms with E-state index in [1.54, 1.807) is 44.6 Å². The molecule has 2 aromatic rings. The van der Waals surface area contributed by atoms with E-state index in [0.29, 0.717) is 35.2 Å². The molecule has 1 heterocycles. The van der Waals surface area contributed by atoms with E-state index in [-0.39, 0.29) is 17.8 Å². The number of likely N-dealkylation sites (tertiary alicyclic amines) is 1. The molecule has 168 valence electrons. The zero-order valence-corrected chi connectivity index (χ0v) is 18.7. The van der Waals surface area contributed by atoms with Crippen molar-refractivity contribution in [3.63, 3.8) is 0 Å². The van der Waals surface area contributed by atoms with Gasteiger partial charge in [0.25, 0.3) is 5.91 Å². The van der Waals surface area contributed by atoms with Crippen LogP contribution in [-0.4, -0.2) is 62.5 Å². The van der Waals surface area contributed by atoms with Crippen molar-refractivity contribution in [1.29, 1.82) is 0 Å². The van der Waals surface area contributed by atoms with E-state index < -0.39 is 0 Å². The Kier molecular flexibility index (Phi) is 8.40. The first-order chi connectivity index (χ1) is 15.0. The second-order valence-electron chi connectivity index (χ2n) is 7.49. The Morgan fingerprint density at radius 1 is 1.19 bits per heavy atom. The molecule has 0 bridgehead atoms. The summed E-state index contributed by atoms with van der Waals surface area (Å²) in [6.45, 7) is 3.37. The van der Waals surface area contributed by atoms with Crippen LogP contribution < -0.4 is 14.8 Å². The van der Waals surface area contributed by atoms with Gasteiger partial charge in [-0.1, -0.05) is 17.7 Å². The number of nitrogens with zero attached hydrogens (tertiary/aromatic N) is 1. The van der Waals surface area contributed by atoms with Gasteiger partial charge in [0, 0.05) is 39.4 Å². The molecule has 0 aromatic heterocycles. The van der Waals surface area contributed by atoms with Crippen LogP contribution in [0.4, 0.5) is 0 Å². The third kappa shape index (κ3) is 6.50. The molecule has 0 radical (unpaired) electrons. The number of ether oxygens (including phenoxy) is 3. The number of rotatable bonds is 9. The fourth-order valence-electron chi connectivity index (χ4n) is 3.55. The molecular weight excluding hydrogens is 420 g/mol. The molecule has 1 aliphatic rings. The lowest BCUT2D eigenvalue weighted by atomic mass is 10.1. The normalized spacial score (nSPS) is 14.9. The van der Waals surface area contributed by atoms with Gasteiger partial charge in [-0.05, 0) is 42.7 Å². The third-order valence-electron chi connectivity index (χ3n) is 5.27. The maximum Gasteiger partial charge on any atom is 0.255 e. The Bertz CT molecular complexity index is 884. The zero-order valence-electron chi connectivity index (χ0n) is 17.9. The van der Waals surface area contributed by atoms with Crippen LogP contribution in [0.25, 0.3) is 0 Å². The second-order valence-corrected chi connectivity index (χ2v) is 7.90. The summed E-state index contributed by atoms with van der Waals surface area (Å²) >= 11 is 6.01. The highest BCUT2D eigenvalue weighted by atomic mass is 35.5. The Labute approximate surface area is 187 Å². The molecule has 1 aliphatic heterocycles. The highest BCUT2D eigenvalue weighted by Gasteiger charge is 2.23. The minimum Gasteiger partial charge on any atom is -0.506 e. The summed E-state index contributed by atoms with van der Waals surface area (Å²) in [5.41, 5.74) is 1.54. The predicted molar refractivity (Wildman–Crippen MR) is 119 cm³/mol. The largest absolute Gasteiger partial charge is 0.506 e. The molecule has 0 atom stereocenters. The van der Waals surface area contributed by atoms with Crippen molar-refractivity contribution in [3.05, 3.63) is 52.5 Å². The number of aromatic hydroxyl groups is 1. The lowest BCUT2D eigenvalue weighted by molar-refractivity contribution is 0.0881. The lowest BCUT2D eigenvalue weighted by Crippen LogP contribution is -2.38. The molecule has 0 aliphatic carbocycles. The number of phenolic OH excluding ortho intramolecular Hbond substituents is 1. The number of carbonyl (C=O) groups excluding carboxylic acids is 1. The number of amides is 1. The van der Waals surface area contributed by atoms with Gasteiger partial charge in [-0.3, -0.25) is 9.69 Å². The molecule has 7 nitrogen and oxygen atoms in total. The molecule has 2 N–H and O–H groups in total. The monoisotopic (exact) mass is 448 g/mol. The quantitative estimate of drug-likeness (QED) is 0.572. The average molecular weight is 449 g/mol. The van der Waals surface area contributed by atoms with Crippen molar-refractivity contribution in [3.8, 4) is 17.2 Å². The maximum atomic E-state index is 12.6. The number of nitrogens with one attached hydrogen (secondary N) is 1. The van der Waals surface area contributed by atoms with Crippen LogP contribution in [0, 0.1) is 0 Å². The molecule has 3 rings (SSSR count). The van der Waals surface area contributed by atoms with Crippen LogP contribution >= 0.6 is 11.6 Å². The molecule has 0 saturated carbocycles. The van der Waals surface area contributed by atoms with Crippen molar-refractivity contribution in [2.75, 3.05) is 40.5 Å². The van der Waals surface area contributed by atoms with Gasteiger partial charge in [0.2, 0.25) is 0 Å². The van der Waals surface area contributed by atoms with Crippen molar-refractivity contribution in [2.24, 2.45) is 0 Å². The molecule has 1 amide bonds. The summed E-state index contributed by atoms with van der Waals surface area (Å²) in [6, 6.07) is 10.5. The van der Waals surface area contributed by atoms with E-state index in [1.807, 2.05) is 6.07 Å². The van der Waals surface area contributed by atoms with E-state index in [9.17, 15) is 9.90 Å². The van der Waals surface area contributed by atoms with Crippen LogP contribution in [0.1, 0.15) is 28.8 Å². The fourth-order valence-corrected chi connectivity index (χ4v) is 3.75. The topological polar surface area (TPSA) is 80.3 Å². The van der Waals surface area contributed by atoms with Gasteiger partial charge in [-0.15, -0.1) is 0 Å². The van der Waals surface area contributed by atoms with Crippen LogP contribution in [0.3, 0.4) is 0 Å². The summed E-state index contributed by atoms with van der Waals surface area (Å²) in [4.78, 5) is 14.9.